The van der Waals surface area contributed by atoms with Gasteiger partial charge in [0, 0.05) is 38.8 Å². The number of fused-ring (bicyclic) bond motifs is 2. The second kappa shape index (κ2) is 10.5. The molecular formula is C24H29FN4O6. The molecule has 3 heterocycles. The molecule has 0 spiro atoms. The minimum Gasteiger partial charge on any atom is -0.493 e. The average Bonchev–Trinajstić information content (AvgIpc) is 3.03. The van der Waals surface area contributed by atoms with Crippen LogP contribution < -0.4 is 10.1 Å². The van der Waals surface area contributed by atoms with Crippen molar-refractivity contribution >= 4 is 29.3 Å². The predicted octanol–water partition coefficient (Wildman–Crippen LogP) is 0.819. The van der Waals surface area contributed by atoms with Crippen molar-refractivity contribution in [3.05, 3.63) is 29.6 Å². The highest BCUT2D eigenvalue weighted by atomic mass is 19.1. The number of carbonyl (C=O) groups excluding carboxylic acids is 4. The number of hydrogen-bond acceptors (Lipinski definition) is 7. The zero-order valence-electron chi connectivity index (χ0n) is 19.8. The molecule has 3 aliphatic heterocycles. The number of amides is 3. The zero-order valence-corrected chi connectivity index (χ0v) is 19.8. The number of ether oxygens (including phenoxy) is 2. The Morgan fingerprint density at radius 2 is 1.97 bits per heavy atom. The van der Waals surface area contributed by atoms with Gasteiger partial charge in [0.2, 0.25) is 5.91 Å². The molecule has 10 nitrogen and oxygen atoms in total. The quantitative estimate of drug-likeness (QED) is 0.462. The Labute approximate surface area is 202 Å². The lowest BCUT2D eigenvalue weighted by Gasteiger charge is -2.36. The summed E-state index contributed by atoms with van der Waals surface area (Å²) in [5.74, 6) is -2.71. The average molecular weight is 489 g/mol. The van der Waals surface area contributed by atoms with Crippen molar-refractivity contribution in [1.29, 1.82) is 0 Å². The van der Waals surface area contributed by atoms with Gasteiger partial charge in [-0.2, -0.15) is 0 Å². The summed E-state index contributed by atoms with van der Waals surface area (Å²) < 4.78 is 24.9. The van der Waals surface area contributed by atoms with Gasteiger partial charge in [0.25, 0.3) is 17.6 Å². The number of halogens is 1. The van der Waals surface area contributed by atoms with Crippen LogP contribution in [0.15, 0.2) is 23.2 Å². The number of carbonyl (C=O) groups is 4. The van der Waals surface area contributed by atoms with Crippen LogP contribution >= 0.6 is 0 Å². The van der Waals surface area contributed by atoms with E-state index in [2.05, 4.69) is 10.3 Å². The molecule has 1 aromatic rings. The first-order valence-corrected chi connectivity index (χ1v) is 11.7. The number of ketones is 1. The van der Waals surface area contributed by atoms with E-state index < -0.39 is 35.5 Å². The maximum atomic E-state index is 13.8. The number of hydrogen-bond donors (Lipinski definition) is 1. The third-order valence-corrected chi connectivity index (χ3v) is 6.66. The number of likely N-dealkylation sites (N-methyl/N-ethyl adjacent to an activating group) is 1. The number of methoxy groups -OCH3 is 1. The first-order chi connectivity index (χ1) is 16.8. The van der Waals surface area contributed by atoms with Crippen LogP contribution in [-0.4, -0.2) is 84.6 Å². The molecule has 1 N–H and O–H groups in total. The number of nitrogens with zero attached hydrogens (tertiary/aromatic N) is 3. The van der Waals surface area contributed by atoms with Crippen LogP contribution in [0, 0.1) is 5.82 Å². The molecule has 1 aromatic carbocycles. The van der Waals surface area contributed by atoms with Crippen molar-refractivity contribution in [1.82, 2.24) is 15.1 Å². The summed E-state index contributed by atoms with van der Waals surface area (Å²) in [6.07, 6.45) is 2.04. The molecule has 3 aliphatic rings. The van der Waals surface area contributed by atoms with E-state index in [1.54, 1.807) is 7.05 Å². The van der Waals surface area contributed by atoms with Gasteiger partial charge >= 0.3 is 0 Å². The van der Waals surface area contributed by atoms with E-state index in [1.807, 2.05) is 0 Å². The van der Waals surface area contributed by atoms with Gasteiger partial charge in [0.05, 0.1) is 25.3 Å². The van der Waals surface area contributed by atoms with E-state index in [4.69, 9.17) is 9.47 Å². The second-order valence-electron chi connectivity index (χ2n) is 8.90. The molecule has 1 fully saturated rings. The van der Waals surface area contributed by atoms with E-state index in [0.29, 0.717) is 31.2 Å². The van der Waals surface area contributed by atoms with Gasteiger partial charge < -0.3 is 19.7 Å². The molecule has 0 saturated carbocycles. The number of rotatable bonds is 1. The summed E-state index contributed by atoms with van der Waals surface area (Å²) in [6, 6.07) is 1.80. The van der Waals surface area contributed by atoms with Gasteiger partial charge in [-0.3, -0.25) is 24.1 Å². The minimum absolute atomic E-state index is 0.0332. The molecule has 35 heavy (non-hydrogen) atoms. The van der Waals surface area contributed by atoms with Gasteiger partial charge in [-0.05, 0) is 31.7 Å². The summed E-state index contributed by atoms with van der Waals surface area (Å²) in [4.78, 5) is 59.1. The van der Waals surface area contributed by atoms with Gasteiger partial charge in [0.1, 0.15) is 17.4 Å². The molecule has 0 radical (unpaired) electrons. The minimum atomic E-state index is -1.57. The summed E-state index contributed by atoms with van der Waals surface area (Å²) >= 11 is 0. The standard InChI is InChI=1S/C24H29FN4O6/c1-28-17-9-8-16(34-2)13-29-22(17)27-20(21(31)24(29)33)23(32)26-12-14-6-7-15(25)11-18(14)35-10-4-3-5-19(28)30/h6-7,11,16-17,20H,3-5,8-10,12-13H2,1-2H3,(H,26,32)/t16-,17?,20?/m0/s1. The molecule has 2 bridgehead atoms. The zero-order chi connectivity index (χ0) is 25.1. The first kappa shape index (κ1) is 24.8. The van der Waals surface area contributed by atoms with Crippen molar-refractivity contribution in [3.8, 4) is 5.75 Å². The Balaban J connectivity index is 1.71. The highest BCUT2D eigenvalue weighted by Crippen LogP contribution is 2.25. The summed E-state index contributed by atoms with van der Waals surface area (Å²) in [6.45, 7) is 0.355. The maximum absolute atomic E-state index is 13.8. The van der Waals surface area contributed by atoms with E-state index in [9.17, 15) is 23.6 Å². The SMILES string of the molecule is CO[C@H]1CCC2C3=NC(C(=O)NCc4ccc(F)cc4OCCCCC(=O)N2C)C(=O)C(=O)N3C1. The number of benzene rings is 1. The molecule has 0 aliphatic carbocycles. The van der Waals surface area contributed by atoms with Gasteiger partial charge in [0.15, 0.2) is 6.04 Å². The van der Waals surface area contributed by atoms with E-state index >= 15 is 0 Å². The van der Waals surface area contributed by atoms with Gasteiger partial charge in [-0.25, -0.2) is 9.38 Å². The summed E-state index contributed by atoms with van der Waals surface area (Å²) in [5.41, 5.74) is 0.516. The normalized spacial score (nSPS) is 26.4. The molecule has 11 heteroatoms. The fourth-order valence-corrected chi connectivity index (χ4v) is 4.56. The number of Topliss-reactive ketones (excluding diaryl/α,β-unsaturated/α-hetero) is 1. The lowest BCUT2D eigenvalue weighted by molar-refractivity contribution is -0.146. The van der Waals surface area contributed by atoms with Crippen LogP contribution in [0.4, 0.5) is 4.39 Å². The molecule has 4 rings (SSSR count). The fourth-order valence-electron chi connectivity index (χ4n) is 4.56. The molecule has 0 aromatic heterocycles. The van der Waals surface area contributed by atoms with Crippen molar-refractivity contribution in [3.63, 3.8) is 0 Å². The van der Waals surface area contributed by atoms with Gasteiger partial charge in [-0.15, -0.1) is 0 Å². The predicted molar refractivity (Wildman–Crippen MR) is 122 cm³/mol. The molecule has 3 amide bonds. The lowest BCUT2D eigenvalue weighted by Crippen LogP contribution is -2.59. The molecule has 188 valence electrons. The Bertz CT molecular complexity index is 1060. The summed E-state index contributed by atoms with van der Waals surface area (Å²) in [7, 11) is 3.16. The number of aliphatic imine (C=N–C) groups is 1. The Hall–Kier alpha value is -3.34. The Morgan fingerprint density at radius 3 is 2.74 bits per heavy atom. The molecule has 2 unspecified atom stereocenters. The van der Waals surface area contributed by atoms with Crippen molar-refractivity contribution in [2.75, 3.05) is 27.3 Å². The fraction of sp³-hybridized carbons (Fsp3) is 0.542. The van der Waals surface area contributed by atoms with Crippen molar-refractivity contribution < 1.29 is 33.0 Å². The third-order valence-electron chi connectivity index (χ3n) is 6.66. The highest BCUT2D eigenvalue weighted by molar-refractivity contribution is 6.46. The highest BCUT2D eigenvalue weighted by Gasteiger charge is 2.46. The van der Waals surface area contributed by atoms with Crippen molar-refractivity contribution in [2.24, 2.45) is 4.99 Å². The monoisotopic (exact) mass is 488 g/mol. The molecular weight excluding hydrogens is 459 g/mol. The van der Waals surface area contributed by atoms with Crippen LogP contribution in [-0.2, 0) is 30.5 Å². The van der Waals surface area contributed by atoms with Crippen LogP contribution in [0.2, 0.25) is 0 Å². The molecule has 1 saturated heterocycles. The maximum Gasteiger partial charge on any atom is 0.298 e. The topological polar surface area (TPSA) is 118 Å². The van der Waals surface area contributed by atoms with Crippen LogP contribution in [0.5, 0.6) is 5.75 Å². The second-order valence-corrected chi connectivity index (χ2v) is 8.90. The Kier molecular flexibility index (Phi) is 7.44. The van der Waals surface area contributed by atoms with Crippen LogP contribution in [0.3, 0.4) is 0 Å². The summed E-state index contributed by atoms with van der Waals surface area (Å²) in [5, 5.41) is 2.62. The molecule has 3 atom stereocenters. The van der Waals surface area contributed by atoms with E-state index in [1.165, 1.54) is 35.1 Å². The largest absolute Gasteiger partial charge is 0.493 e. The number of amidine groups is 1. The van der Waals surface area contributed by atoms with Crippen LogP contribution in [0.1, 0.15) is 37.7 Å². The first-order valence-electron chi connectivity index (χ1n) is 11.7. The van der Waals surface area contributed by atoms with Crippen molar-refractivity contribution in [2.45, 2.75) is 56.8 Å². The van der Waals surface area contributed by atoms with E-state index in [0.717, 1.165) is 0 Å². The Morgan fingerprint density at radius 1 is 1.17 bits per heavy atom. The van der Waals surface area contributed by atoms with E-state index in [-0.39, 0.29) is 49.7 Å². The lowest BCUT2D eigenvalue weighted by atomic mass is 10.0. The number of nitrogens with one attached hydrogen (secondary N) is 1. The smallest absolute Gasteiger partial charge is 0.298 e. The van der Waals surface area contributed by atoms with Gasteiger partial charge in [-0.1, -0.05) is 6.07 Å². The third kappa shape index (κ3) is 5.19. The van der Waals surface area contributed by atoms with Crippen LogP contribution in [0.25, 0.3) is 0 Å².